The summed E-state index contributed by atoms with van der Waals surface area (Å²) >= 11 is 6.88. The number of benzene rings is 2. The van der Waals surface area contributed by atoms with Gasteiger partial charge in [0, 0.05) is 20.1 Å². The van der Waals surface area contributed by atoms with Crippen molar-refractivity contribution in [2.75, 3.05) is 5.32 Å². The molecule has 0 spiro atoms. The van der Waals surface area contributed by atoms with Crippen LogP contribution in [0.1, 0.15) is 21.5 Å². The summed E-state index contributed by atoms with van der Waals surface area (Å²) in [4.78, 5) is 12.3. The van der Waals surface area contributed by atoms with E-state index in [9.17, 15) is 9.90 Å². The van der Waals surface area contributed by atoms with Crippen molar-refractivity contribution < 1.29 is 9.90 Å². The molecule has 0 saturated carbocycles. The highest BCUT2D eigenvalue weighted by molar-refractivity contribution is 9.11. The molecule has 0 aliphatic rings. The van der Waals surface area contributed by atoms with E-state index in [2.05, 4.69) is 37.2 Å². The zero-order valence-corrected chi connectivity index (χ0v) is 14.2. The Bertz CT molecular complexity index is 661. The second-order valence-corrected chi connectivity index (χ2v) is 6.22. The van der Waals surface area contributed by atoms with Crippen LogP contribution in [0.4, 0.5) is 5.69 Å². The first kappa shape index (κ1) is 15.1. The van der Waals surface area contributed by atoms with Crippen molar-refractivity contribution in [1.29, 1.82) is 0 Å². The Balaban J connectivity index is 2.36. The van der Waals surface area contributed by atoms with E-state index in [0.717, 1.165) is 14.5 Å². The molecule has 3 nitrogen and oxygen atoms in total. The van der Waals surface area contributed by atoms with Gasteiger partial charge in [-0.3, -0.25) is 4.79 Å². The maximum atomic E-state index is 12.3. The first-order valence-corrected chi connectivity index (χ1v) is 7.54. The second kappa shape index (κ2) is 5.97. The van der Waals surface area contributed by atoms with E-state index < -0.39 is 0 Å². The van der Waals surface area contributed by atoms with E-state index in [0.29, 0.717) is 16.8 Å². The smallest absolute Gasteiger partial charge is 0.256 e. The van der Waals surface area contributed by atoms with Crippen molar-refractivity contribution in [2.45, 2.75) is 13.8 Å². The minimum Gasteiger partial charge on any atom is -0.508 e. The highest BCUT2D eigenvalue weighted by Crippen LogP contribution is 2.33. The van der Waals surface area contributed by atoms with Gasteiger partial charge in [0.05, 0.1) is 5.69 Å². The van der Waals surface area contributed by atoms with Gasteiger partial charge in [-0.05, 0) is 75.5 Å². The third-order valence-electron chi connectivity index (χ3n) is 2.97. The number of hydrogen-bond donors (Lipinski definition) is 2. The summed E-state index contributed by atoms with van der Waals surface area (Å²) in [5, 5.41) is 12.5. The van der Waals surface area contributed by atoms with Crippen LogP contribution in [0.15, 0.2) is 39.3 Å². The average Bonchev–Trinajstić information content (AvgIpc) is 2.36. The van der Waals surface area contributed by atoms with E-state index in [1.807, 2.05) is 19.1 Å². The summed E-state index contributed by atoms with van der Waals surface area (Å²) in [6.07, 6.45) is 0. The van der Waals surface area contributed by atoms with Crippen LogP contribution in [-0.2, 0) is 0 Å². The number of aromatic hydroxyl groups is 1. The van der Waals surface area contributed by atoms with E-state index in [1.54, 1.807) is 25.1 Å². The summed E-state index contributed by atoms with van der Waals surface area (Å²) in [5.74, 6) is -0.150. The van der Waals surface area contributed by atoms with Crippen LogP contribution < -0.4 is 5.32 Å². The monoisotopic (exact) mass is 397 g/mol. The molecule has 0 saturated heterocycles. The third kappa shape index (κ3) is 3.04. The van der Waals surface area contributed by atoms with E-state index in [1.165, 1.54) is 0 Å². The largest absolute Gasteiger partial charge is 0.508 e. The quantitative estimate of drug-likeness (QED) is 0.764. The molecule has 2 rings (SSSR count). The van der Waals surface area contributed by atoms with E-state index in [4.69, 9.17) is 0 Å². The number of rotatable bonds is 2. The molecule has 2 N–H and O–H groups in total. The Morgan fingerprint density at radius 3 is 2.35 bits per heavy atom. The fraction of sp³-hybridized carbons (Fsp3) is 0.133. The molecule has 5 heteroatoms. The zero-order chi connectivity index (χ0) is 14.9. The normalized spacial score (nSPS) is 10.4. The van der Waals surface area contributed by atoms with Crippen LogP contribution in [0.5, 0.6) is 5.75 Å². The fourth-order valence-corrected chi connectivity index (χ4v) is 3.48. The molecule has 0 heterocycles. The van der Waals surface area contributed by atoms with Gasteiger partial charge < -0.3 is 10.4 Å². The minimum atomic E-state index is -0.261. The van der Waals surface area contributed by atoms with Gasteiger partial charge in [-0.15, -0.1) is 0 Å². The number of hydrogen-bond acceptors (Lipinski definition) is 2. The number of halogens is 2. The van der Waals surface area contributed by atoms with Crippen LogP contribution in [0.25, 0.3) is 0 Å². The van der Waals surface area contributed by atoms with Crippen molar-refractivity contribution >= 4 is 43.5 Å². The summed E-state index contributed by atoms with van der Waals surface area (Å²) in [7, 11) is 0. The number of phenolic OH excluding ortho intramolecular Hbond substituents is 1. The summed E-state index contributed by atoms with van der Waals surface area (Å²) < 4.78 is 1.60. The van der Waals surface area contributed by atoms with Crippen LogP contribution >= 0.6 is 31.9 Å². The minimum absolute atomic E-state index is 0.111. The molecule has 0 bridgehead atoms. The lowest BCUT2D eigenvalue weighted by Gasteiger charge is -2.12. The first-order valence-electron chi connectivity index (χ1n) is 5.95. The highest BCUT2D eigenvalue weighted by atomic mass is 79.9. The molecule has 0 aliphatic carbocycles. The molecule has 0 radical (unpaired) electrons. The zero-order valence-electron chi connectivity index (χ0n) is 11.0. The first-order chi connectivity index (χ1) is 9.40. The molecule has 0 aliphatic heterocycles. The predicted molar refractivity (Wildman–Crippen MR) is 87.4 cm³/mol. The molecule has 104 valence electrons. The van der Waals surface area contributed by atoms with Gasteiger partial charge in [0.25, 0.3) is 5.91 Å². The van der Waals surface area contributed by atoms with E-state index >= 15 is 0 Å². The number of anilines is 1. The molecule has 2 aromatic rings. The van der Waals surface area contributed by atoms with Crippen molar-refractivity contribution in [3.8, 4) is 5.75 Å². The summed E-state index contributed by atoms with van der Waals surface area (Å²) in [6, 6.07) is 8.74. The van der Waals surface area contributed by atoms with Crippen LogP contribution in [0.3, 0.4) is 0 Å². The summed E-state index contributed by atoms with van der Waals surface area (Å²) in [6.45, 7) is 3.68. The van der Waals surface area contributed by atoms with Crippen molar-refractivity contribution in [3.05, 3.63) is 56.0 Å². The number of amides is 1. The van der Waals surface area contributed by atoms with Gasteiger partial charge in [-0.2, -0.15) is 0 Å². The Morgan fingerprint density at radius 2 is 1.75 bits per heavy atom. The average molecular weight is 399 g/mol. The molecule has 0 fully saturated rings. The third-order valence-corrected chi connectivity index (χ3v) is 4.23. The number of aryl methyl sites for hydroxylation is 1. The van der Waals surface area contributed by atoms with Gasteiger partial charge in [0.1, 0.15) is 5.75 Å². The van der Waals surface area contributed by atoms with Gasteiger partial charge in [0.2, 0.25) is 0 Å². The molecule has 0 atom stereocenters. The maximum absolute atomic E-state index is 12.3. The van der Waals surface area contributed by atoms with Crippen molar-refractivity contribution in [2.24, 2.45) is 0 Å². The lowest BCUT2D eigenvalue weighted by atomic mass is 10.1. The van der Waals surface area contributed by atoms with Gasteiger partial charge in [-0.25, -0.2) is 0 Å². The molecule has 20 heavy (non-hydrogen) atoms. The predicted octanol–water partition coefficient (Wildman–Crippen LogP) is 4.79. The summed E-state index contributed by atoms with van der Waals surface area (Å²) in [5.41, 5.74) is 2.76. The van der Waals surface area contributed by atoms with Crippen molar-refractivity contribution in [3.63, 3.8) is 0 Å². The Morgan fingerprint density at radius 1 is 1.15 bits per heavy atom. The van der Waals surface area contributed by atoms with Crippen LogP contribution in [0, 0.1) is 13.8 Å². The highest BCUT2D eigenvalue weighted by Gasteiger charge is 2.14. The lowest BCUT2D eigenvalue weighted by molar-refractivity contribution is 0.102. The van der Waals surface area contributed by atoms with Gasteiger partial charge in [0.15, 0.2) is 0 Å². The second-order valence-electron chi connectivity index (χ2n) is 4.51. The van der Waals surface area contributed by atoms with E-state index in [-0.39, 0.29) is 11.7 Å². The Labute approximate surface area is 134 Å². The number of carbonyl (C=O) groups excluding carboxylic acids is 1. The Hall–Kier alpha value is -1.33. The maximum Gasteiger partial charge on any atom is 0.256 e. The molecular weight excluding hydrogens is 386 g/mol. The molecule has 0 aromatic heterocycles. The number of carbonyl (C=O) groups is 1. The lowest BCUT2D eigenvalue weighted by Crippen LogP contribution is -2.14. The van der Waals surface area contributed by atoms with Crippen LogP contribution in [-0.4, -0.2) is 11.0 Å². The van der Waals surface area contributed by atoms with Crippen LogP contribution in [0.2, 0.25) is 0 Å². The van der Waals surface area contributed by atoms with Crippen molar-refractivity contribution in [1.82, 2.24) is 0 Å². The standard InChI is InChI=1S/C15H13Br2NO2/c1-8-6-11(16)14(12(17)7-8)18-15(20)10-4-3-5-13(19)9(10)2/h3-7,19H,1-2H3,(H,18,20). The number of phenols is 1. The topological polar surface area (TPSA) is 49.3 Å². The van der Waals surface area contributed by atoms with Gasteiger partial charge >= 0.3 is 0 Å². The molecule has 2 aromatic carbocycles. The fourth-order valence-electron chi connectivity index (χ4n) is 1.87. The SMILES string of the molecule is Cc1cc(Br)c(NC(=O)c2cccc(O)c2C)c(Br)c1. The number of nitrogens with one attached hydrogen (secondary N) is 1. The Kier molecular flexibility index (Phi) is 4.50. The van der Waals surface area contributed by atoms with Gasteiger partial charge in [-0.1, -0.05) is 6.07 Å². The molecule has 0 unspecified atom stereocenters. The molecular formula is C15H13Br2NO2. The molecule has 1 amide bonds.